The minimum atomic E-state index is -3.00. The monoisotopic (exact) mass is 380 g/mol. The largest absolute Gasteiger partial charge is 0.356 e. The summed E-state index contributed by atoms with van der Waals surface area (Å²) >= 11 is 6.04. The minimum absolute atomic E-state index is 0.0919. The number of anilines is 2. The molecule has 1 saturated heterocycles. The van der Waals surface area contributed by atoms with Crippen molar-refractivity contribution in [1.82, 2.24) is 9.97 Å². The van der Waals surface area contributed by atoms with Gasteiger partial charge in [-0.25, -0.2) is 18.4 Å². The molecule has 0 saturated carbocycles. The highest BCUT2D eigenvalue weighted by Gasteiger charge is 2.31. The summed E-state index contributed by atoms with van der Waals surface area (Å²) in [5.74, 6) is 0.354. The molecule has 1 aliphatic rings. The molecule has 0 spiro atoms. The Morgan fingerprint density at radius 2 is 2.08 bits per heavy atom. The molecular weight excluding hydrogens is 364 g/mol. The van der Waals surface area contributed by atoms with E-state index in [0.29, 0.717) is 22.9 Å². The van der Waals surface area contributed by atoms with E-state index in [1.165, 1.54) is 12.4 Å². The average Bonchev–Trinajstić information content (AvgIpc) is 2.96. The first-order chi connectivity index (χ1) is 11.9. The average molecular weight is 381 g/mol. The number of rotatable bonds is 4. The SMILES string of the molecule is CN(c1cc(C(=O)Nc2ccccc2Cl)ncn1)C1CCS(=O)(=O)C1. The predicted octanol–water partition coefficient (Wildman–Crippen LogP) is 2.01. The molecule has 1 N–H and O–H groups in total. The third kappa shape index (κ3) is 4.08. The molecule has 0 radical (unpaired) electrons. The molecule has 132 valence electrons. The lowest BCUT2D eigenvalue weighted by atomic mass is 10.2. The lowest BCUT2D eigenvalue weighted by Crippen LogP contribution is -2.33. The highest BCUT2D eigenvalue weighted by Crippen LogP contribution is 2.23. The van der Waals surface area contributed by atoms with Gasteiger partial charge in [-0.15, -0.1) is 0 Å². The Morgan fingerprint density at radius 1 is 1.32 bits per heavy atom. The van der Waals surface area contributed by atoms with Crippen LogP contribution in [0.1, 0.15) is 16.9 Å². The van der Waals surface area contributed by atoms with E-state index in [9.17, 15) is 13.2 Å². The van der Waals surface area contributed by atoms with Crippen LogP contribution < -0.4 is 10.2 Å². The fourth-order valence-corrected chi connectivity index (χ4v) is 4.64. The summed E-state index contributed by atoms with van der Waals surface area (Å²) < 4.78 is 23.3. The molecule has 1 unspecified atom stereocenters. The van der Waals surface area contributed by atoms with E-state index in [2.05, 4.69) is 15.3 Å². The highest BCUT2D eigenvalue weighted by atomic mass is 35.5. The molecule has 1 amide bonds. The zero-order chi connectivity index (χ0) is 18.0. The van der Waals surface area contributed by atoms with Crippen molar-refractivity contribution in [2.24, 2.45) is 0 Å². The van der Waals surface area contributed by atoms with Gasteiger partial charge in [-0.2, -0.15) is 0 Å². The van der Waals surface area contributed by atoms with Crippen molar-refractivity contribution >= 4 is 38.9 Å². The molecule has 2 aromatic rings. The number of nitrogens with one attached hydrogen (secondary N) is 1. The summed E-state index contributed by atoms with van der Waals surface area (Å²) in [7, 11) is -1.23. The number of para-hydroxylation sites is 1. The van der Waals surface area contributed by atoms with Gasteiger partial charge in [0.2, 0.25) is 0 Å². The molecule has 1 fully saturated rings. The van der Waals surface area contributed by atoms with E-state index >= 15 is 0 Å². The molecule has 9 heteroatoms. The second-order valence-electron chi connectivity index (χ2n) is 5.86. The van der Waals surface area contributed by atoms with E-state index in [1.54, 1.807) is 36.2 Å². The van der Waals surface area contributed by atoms with Crippen molar-refractivity contribution in [2.45, 2.75) is 12.5 Å². The van der Waals surface area contributed by atoms with Crippen molar-refractivity contribution in [1.29, 1.82) is 0 Å². The summed E-state index contributed by atoms with van der Waals surface area (Å²) in [6.07, 6.45) is 1.83. The Kier molecular flexibility index (Phi) is 4.91. The van der Waals surface area contributed by atoms with Crippen LogP contribution in [0, 0.1) is 0 Å². The lowest BCUT2D eigenvalue weighted by Gasteiger charge is -2.24. The fraction of sp³-hybridized carbons (Fsp3) is 0.312. The van der Waals surface area contributed by atoms with Gasteiger partial charge >= 0.3 is 0 Å². The maximum absolute atomic E-state index is 12.4. The Bertz CT molecular complexity index is 904. The summed E-state index contributed by atoms with van der Waals surface area (Å²) in [5.41, 5.74) is 0.669. The second kappa shape index (κ2) is 6.97. The van der Waals surface area contributed by atoms with Gasteiger partial charge in [-0.3, -0.25) is 4.79 Å². The standard InChI is InChI=1S/C16H17ClN4O3S/c1-21(11-6-7-25(23,24)9-11)15-8-14(18-10-19-15)16(22)20-13-5-3-2-4-12(13)17/h2-5,8,10-11H,6-7,9H2,1H3,(H,20,22). The van der Waals surface area contributed by atoms with Crippen LogP contribution in [0.2, 0.25) is 5.02 Å². The number of nitrogens with zero attached hydrogens (tertiary/aromatic N) is 3. The molecule has 2 heterocycles. The van der Waals surface area contributed by atoms with Crippen molar-refractivity contribution in [2.75, 3.05) is 28.8 Å². The summed E-state index contributed by atoms with van der Waals surface area (Å²) in [6, 6.07) is 8.29. The van der Waals surface area contributed by atoms with Gasteiger partial charge in [0.15, 0.2) is 9.84 Å². The van der Waals surface area contributed by atoms with Crippen LogP contribution >= 0.6 is 11.6 Å². The molecule has 0 aliphatic carbocycles. The number of aromatic nitrogens is 2. The number of carbonyl (C=O) groups excluding carboxylic acids is 1. The number of amides is 1. The molecule has 1 atom stereocenters. The lowest BCUT2D eigenvalue weighted by molar-refractivity contribution is 0.102. The zero-order valence-corrected chi connectivity index (χ0v) is 15.1. The Morgan fingerprint density at radius 3 is 2.76 bits per heavy atom. The van der Waals surface area contributed by atoms with Crippen LogP contribution in [0.25, 0.3) is 0 Å². The highest BCUT2D eigenvalue weighted by molar-refractivity contribution is 7.91. The maximum atomic E-state index is 12.4. The Hall–Kier alpha value is -2.19. The van der Waals surface area contributed by atoms with E-state index < -0.39 is 15.7 Å². The minimum Gasteiger partial charge on any atom is -0.356 e. The number of halogens is 1. The number of benzene rings is 1. The van der Waals surface area contributed by atoms with Crippen LogP contribution in [0.5, 0.6) is 0 Å². The normalized spacial score (nSPS) is 18.7. The first-order valence-electron chi connectivity index (χ1n) is 7.67. The number of carbonyl (C=O) groups is 1. The van der Waals surface area contributed by atoms with Gasteiger partial charge in [0.05, 0.1) is 22.2 Å². The van der Waals surface area contributed by atoms with Crippen LogP contribution in [-0.2, 0) is 9.84 Å². The molecule has 25 heavy (non-hydrogen) atoms. The number of hydrogen-bond acceptors (Lipinski definition) is 6. The zero-order valence-electron chi connectivity index (χ0n) is 13.5. The number of hydrogen-bond donors (Lipinski definition) is 1. The van der Waals surface area contributed by atoms with Crippen LogP contribution in [0.3, 0.4) is 0 Å². The first-order valence-corrected chi connectivity index (χ1v) is 9.87. The molecular formula is C16H17ClN4O3S. The van der Waals surface area contributed by atoms with Crippen molar-refractivity contribution < 1.29 is 13.2 Å². The van der Waals surface area contributed by atoms with Crippen LogP contribution in [0.15, 0.2) is 36.7 Å². The van der Waals surface area contributed by atoms with Gasteiger partial charge in [0, 0.05) is 19.2 Å². The topological polar surface area (TPSA) is 92.3 Å². The van der Waals surface area contributed by atoms with Gasteiger partial charge in [0.25, 0.3) is 5.91 Å². The summed E-state index contributed by atoms with van der Waals surface area (Å²) in [6.45, 7) is 0. The van der Waals surface area contributed by atoms with E-state index in [0.717, 1.165) is 0 Å². The van der Waals surface area contributed by atoms with Crippen LogP contribution in [-0.4, -0.2) is 48.9 Å². The quantitative estimate of drug-likeness (QED) is 0.872. The van der Waals surface area contributed by atoms with Gasteiger partial charge in [0.1, 0.15) is 17.8 Å². The molecule has 0 bridgehead atoms. The van der Waals surface area contributed by atoms with Crippen molar-refractivity contribution in [3.63, 3.8) is 0 Å². The van der Waals surface area contributed by atoms with Crippen LogP contribution in [0.4, 0.5) is 11.5 Å². The molecule has 1 aromatic carbocycles. The number of sulfone groups is 1. The molecule has 3 rings (SSSR count). The second-order valence-corrected chi connectivity index (χ2v) is 8.50. The van der Waals surface area contributed by atoms with E-state index in [4.69, 9.17) is 11.6 Å². The fourth-order valence-electron chi connectivity index (χ4n) is 2.68. The third-order valence-electron chi connectivity index (χ3n) is 4.12. The molecule has 1 aliphatic heterocycles. The van der Waals surface area contributed by atoms with Crippen molar-refractivity contribution in [3.05, 3.63) is 47.4 Å². The maximum Gasteiger partial charge on any atom is 0.274 e. The molecule has 1 aromatic heterocycles. The first kappa shape index (κ1) is 17.6. The van der Waals surface area contributed by atoms with E-state index in [1.807, 2.05) is 0 Å². The van der Waals surface area contributed by atoms with E-state index in [-0.39, 0.29) is 23.2 Å². The Balaban J connectivity index is 1.77. The Labute approximate surface area is 151 Å². The van der Waals surface area contributed by atoms with Crippen molar-refractivity contribution in [3.8, 4) is 0 Å². The van der Waals surface area contributed by atoms with Gasteiger partial charge in [-0.05, 0) is 18.6 Å². The van der Waals surface area contributed by atoms with Gasteiger partial charge in [-0.1, -0.05) is 23.7 Å². The van der Waals surface area contributed by atoms with Gasteiger partial charge < -0.3 is 10.2 Å². The summed E-state index contributed by atoms with van der Waals surface area (Å²) in [4.78, 5) is 22.3. The molecule has 7 nitrogen and oxygen atoms in total. The third-order valence-corrected chi connectivity index (χ3v) is 6.20. The predicted molar refractivity (Wildman–Crippen MR) is 96.9 cm³/mol. The smallest absolute Gasteiger partial charge is 0.274 e. The summed E-state index contributed by atoms with van der Waals surface area (Å²) in [5, 5.41) is 3.13.